The van der Waals surface area contributed by atoms with Crippen molar-refractivity contribution in [1.82, 2.24) is 5.32 Å². The average Bonchev–Trinajstić information content (AvgIpc) is 2.23. The van der Waals surface area contributed by atoms with Gasteiger partial charge in [0.05, 0.1) is 11.6 Å². The van der Waals surface area contributed by atoms with E-state index in [4.69, 9.17) is 28.3 Å². The minimum Gasteiger partial charge on any atom is -0.395 e. The zero-order chi connectivity index (χ0) is 12.3. The molecule has 0 aliphatic carbocycles. The quantitative estimate of drug-likeness (QED) is 0.820. The molecule has 0 spiro atoms. The fourth-order valence-electron chi connectivity index (χ4n) is 1.44. The molecule has 2 N–H and O–H groups in total. The Morgan fingerprint density at radius 3 is 2.50 bits per heavy atom. The van der Waals surface area contributed by atoms with Gasteiger partial charge in [0.25, 0.3) is 0 Å². The second kappa shape index (κ2) is 5.82. The maximum atomic E-state index is 13.3. The number of hydrogen-bond acceptors (Lipinski definition) is 2. The summed E-state index contributed by atoms with van der Waals surface area (Å²) >= 11 is 11.6. The highest BCUT2D eigenvalue weighted by Crippen LogP contribution is 2.28. The first-order valence-electron chi connectivity index (χ1n) is 4.97. The lowest BCUT2D eigenvalue weighted by atomic mass is 10.1. The third kappa shape index (κ3) is 3.32. The topological polar surface area (TPSA) is 32.3 Å². The lowest BCUT2D eigenvalue weighted by Crippen LogP contribution is -2.31. The van der Waals surface area contributed by atoms with Crippen LogP contribution in [-0.2, 0) is 0 Å². The van der Waals surface area contributed by atoms with Crippen molar-refractivity contribution in [3.63, 3.8) is 0 Å². The van der Waals surface area contributed by atoms with E-state index in [0.29, 0.717) is 10.6 Å². The van der Waals surface area contributed by atoms with Gasteiger partial charge in [-0.2, -0.15) is 0 Å². The number of benzene rings is 1. The minimum atomic E-state index is -0.494. The Morgan fingerprint density at radius 2 is 1.94 bits per heavy atom. The van der Waals surface area contributed by atoms with Crippen LogP contribution in [0.2, 0.25) is 10.0 Å². The van der Waals surface area contributed by atoms with E-state index in [0.717, 1.165) is 0 Å². The Labute approximate surface area is 104 Å². The first-order valence-corrected chi connectivity index (χ1v) is 5.72. The predicted octanol–water partition coefficient (Wildman–Crippen LogP) is 3.16. The molecule has 5 heteroatoms. The van der Waals surface area contributed by atoms with Crippen molar-refractivity contribution in [3.05, 3.63) is 33.6 Å². The predicted molar refractivity (Wildman–Crippen MR) is 64.5 cm³/mol. The highest BCUT2D eigenvalue weighted by atomic mass is 35.5. The summed E-state index contributed by atoms with van der Waals surface area (Å²) in [4.78, 5) is 0. The van der Waals surface area contributed by atoms with Gasteiger partial charge in [-0.05, 0) is 31.5 Å². The summed E-state index contributed by atoms with van der Waals surface area (Å²) in [5, 5.41) is 12.4. The Kier molecular flexibility index (Phi) is 4.99. The maximum absolute atomic E-state index is 13.3. The van der Waals surface area contributed by atoms with Crippen molar-refractivity contribution in [2.24, 2.45) is 0 Å². The van der Waals surface area contributed by atoms with E-state index >= 15 is 0 Å². The highest BCUT2D eigenvalue weighted by Gasteiger charge is 2.14. The second-order valence-corrected chi connectivity index (χ2v) is 4.57. The molecule has 0 aliphatic heterocycles. The van der Waals surface area contributed by atoms with Crippen LogP contribution in [0.4, 0.5) is 4.39 Å². The van der Waals surface area contributed by atoms with Crippen LogP contribution in [-0.4, -0.2) is 17.8 Å². The second-order valence-electron chi connectivity index (χ2n) is 3.76. The molecule has 16 heavy (non-hydrogen) atoms. The Balaban J connectivity index is 2.91. The highest BCUT2D eigenvalue weighted by molar-refractivity contribution is 6.35. The van der Waals surface area contributed by atoms with Gasteiger partial charge in [-0.25, -0.2) is 4.39 Å². The molecular formula is C11H14Cl2FNO. The van der Waals surface area contributed by atoms with Crippen LogP contribution in [0.25, 0.3) is 0 Å². The van der Waals surface area contributed by atoms with E-state index in [1.165, 1.54) is 12.1 Å². The van der Waals surface area contributed by atoms with Crippen LogP contribution in [0.5, 0.6) is 0 Å². The van der Waals surface area contributed by atoms with Crippen LogP contribution >= 0.6 is 23.2 Å². The van der Waals surface area contributed by atoms with Gasteiger partial charge in [0.2, 0.25) is 0 Å². The summed E-state index contributed by atoms with van der Waals surface area (Å²) in [6.07, 6.45) is 0. The zero-order valence-electron chi connectivity index (χ0n) is 9.10. The largest absolute Gasteiger partial charge is 0.395 e. The molecule has 0 saturated carbocycles. The number of hydrogen-bond donors (Lipinski definition) is 2. The normalized spacial score (nSPS) is 14.9. The molecule has 2 nitrogen and oxygen atoms in total. The Bertz CT molecular complexity index is 373. The summed E-state index contributed by atoms with van der Waals surface area (Å²) in [6, 6.07) is 2.47. The van der Waals surface area contributed by atoms with Crippen molar-refractivity contribution in [3.8, 4) is 0 Å². The molecule has 1 rings (SSSR count). The van der Waals surface area contributed by atoms with Crippen LogP contribution < -0.4 is 5.32 Å². The summed E-state index contributed by atoms with van der Waals surface area (Å²) in [5.41, 5.74) is 0.629. The molecule has 0 amide bonds. The Hall–Kier alpha value is -0.350. The van der Waals surface area contributed by atoms with E-state index in [2.05, 4.69) is 5.32 Å². The molecule has 1 aromatic carbocycles. The fraction of sp³-hybridized carbons (Fsp3) is 0.455. The molecule has 0 aliphatic rings. The van der Waals surface area contributed by atoms with Crippen molar-refractivity contribution in [2.45, 2.75) is 25.9 Å². The van der Waals surface area contributed by atoms with E-state index < -0.39 is 5.82 Å². The van der Waals surface area contributed by atoms with Crippen LogP contribution in [0.1, 0.15) is 25.5 Å². The van der Waals surface area contributed by atoms with Gasteiger partial charge in [0, 0.05) is 17.1 Å². The molecule has 0 fully saturated rings. The number of nitrogens with one attached hydrogen (secondary N) is 1. The molecule has 0 radical (unpaired) electrons. The fourth-order valence-corrected chi connectivity index (χ4v) is 1.99. The first kappa shape index (κ1) is 13.7. The molecule has 90 valence electrons. The van der Waals surface area contributed by atoms with E-state index in [9.17, 15) is 4.39 Å². The van der Waals surface area contributed by atoms with Crippen molar-refractivity contribution in [1.29, 1.82) is 0 Å². The van der Waals surface area contributed by atoms with Gasteiger partial charge in [0.1, 0.15) is 5.82 Å². The van der Waals surface area contributed by atoms with Crippen molar-refractivity contribution >= 4 is 23.2 Å². The molecule has 0 saturated heterocycles. The minimum absolute atomic E-state index is 0.0103. The van der Waals surface area contributed by atoms with E-state index in [1.807, 2.05) is 13.8 Å². The van der Waals surface area contributed by atoms with Crippen LogP contribution in [0.3, 0.4) is 0 Å². The number of aliphatic hydroxyl groups is 1. The number of aliphatic hydroxyl groups excluding tert-OH is 1. The van der Waals surface area contributed by atoms with E-state index in [-0.39, 0.29) is 23.7 Å². The maximum Gasteiger partial charge on any atom is 0.142 e. The third-order valence-corrected chi connectivity index (χ3v) is 2.93. The third-order valence-electron chi connectivity index (χ3n) is 2.31. The van der Waals surface area contributed by atoms with Gasteiger partial charge >= 0.3 is 0 Å². The van der Waals surface area contributed by atoms with E-state index in [1.54, 1.807) is 0 Å². The number of rotatable bonds is 4. The molecular weight excluding hydrogens is 252 g/mol. The van der Waals surface area contributed by atoms with Gasteiger partial charge in [-0.3, -0.25) is 0 Å². The molecule has 0 bridgehead atoms. The standard InChI is InChI=1S/C11H14Cl2FNO/c1-6(5-16)15-7(2)8-3-11(14)10(13)4-9(8)12/h3-4,6-7,15-16H,5H2,1-2H3. The summed E-state index contributed by atoms with van der Waals surface area (Å²) in [7, 11) is 0. The van der Waals surface area contributed by atoms with Crippen molar-refractivity contribution < 1.29 is 9.50 Å². The van der Waals surface area contributed by atoms with Gasteiger partial charge < -0.3 is 10.4 Å². The average molecular weight is 266 g/mol. The van der Waals surface area contributed by atoms with Crippen molar-refractivity contribution in [2.75, 3.05) is 6.61 Å². The Morgan fingerprint density at radius 1 is 1.31 bits per heavy atom. The van der Waals surface area contributed by atoms with Gasteiger partial charge in [-0.1, -0.05) is 23.2 Å². The van der Waals surface area contributed by atoms with Crippen LogP contribution in [0, 0.1) is 5.82 Å². The lowest BCUT2D eigenvalue weighted by Gasteiger charge is -2.20. The summed E-state index contributed by atoms with van der Waals surface area (Å²) in [5.74, 6) is -0.494. The molecule has 0 heterocycles. The molecule has 2 atom stereocenters. The molecule has 1 aromatic rings. The van der Waals surface area contributed by atoms with Crippen LogP contribution in [0.15, 0.2) is 12.1 Å². The van der Waals surface area contributed by atoms with Gasteiger partial charge in [0.15, 0.2) is 0 Å². The molecule has 2 unspecified atom stereocenters. The SMILES string of the molecule is CC(CO)NC(C)c1cc(F)c(Cl)cc1Cl. The summed E-state index contributed by atoms with van der Waals surface area (Å²) in [6.45, 7) is 3.69. The summed E-state index contributed by atoms with van der Waals surface area (Å²) < 4.78 is 13.3. The molecule has 0 aromatic heterocycles. The first-order chi connectivity index (χ1) is 7.45. The van der Waals surface area contributed by atoms with Gasteiger partial charge in [-0.15, -0.1) is 0 Å². The monoisotopic (exact) mass is 265 g/mol. The number of halogens is 3. The lowest BCUT2D eigenvalue weighted by molar-refractivity contribution is 0.243. The smallest absolute Gasteiger partial charge is 0.142 e. The zero-order valence-corrected chi connectivity index (χ0v) is 10.6.